The molecule has 25 heavy (non-hydrogen) atoms. The van der Waals surface area contributed by atoms with Gasteiger partial charge in [0.15, 0.2) is 5.82 Å². The highest BCUT2D eigenvalue weighted by atomic mass is 16.6. The third-order valence-electron chi connectivity index (χ3n) is 3.33. The number of hydrogen-bond acceptors (Lipinski definition) is 8. The monoisotopic (exact) mass is 348 g/mol. The molecule has 0 aliphatic heterocycles. The molecule has 0 aliphatic rings. The molecule has 0 radical (unpaired) electrons. The molecule has 0 saturated carbocycles. The van der Waals surface area contributed by atoms with Gasteiger partial charge in [-0.2, -0.15) is 0 Å². The van der Waals surface area contributed by atoms with Gasteiger partial charge in [0.1, 0.15) is 12.1 Å². The van der Waals surface area contributed by atoms with Crippen LogP contribution in [0.2, 0.25) is 0 Å². The molecular formula is C16H24N6O3. The van der Waals surface area contributed by atoms with Crippen LogP contribution >= 0.6 is 0 Å². The summed E-state index contributed by atoms with van der Waals surface area (Å²) in [4.78, 5) is 21.4. The van der Waals surface area contributed by atoms with Gasteiger partial charge in [0, 0.05) is 19.2 Å². The van der Waals surface area contributed by atoms with Gasteiger partial charge >= 0.3 is 5.69 Å². The highest BCUT2D eigenvalue weighted by Crippen LogP contribution is 2.34. The van der Waals surface area contributed by atoms with Crippen LogP contribution in [0.4, 0.5) is 23.1 Å². The van der Waals surface area contributed by atoms with E-state index in [1.54, 1.807) is 13.0 Å². The highest BCUT2D eigenvalue weighted by molar-refractivity contribution is 5.73. The molecule has 9 heteroatoms. The molecular weight excluding hydrogens is 324 g/mol. The first-order chi connectivity index (χ1) is 11.8. The van der Waals surface area contributed by atoms with E-state index in [9.17, 15) is 10.1 Å². The van der Waals surface area contributed by atoms with E-state index in [2.05, 4.69) is 48.1 Å². The van der Waals surface area contributed by atoms with Gasteiger partial charge < -0.3 is 14.7 Å². The van der Waals surface area contributed by atoms with E-state index >= 15 is 0 Å². The molecule has 0 spiro atoms. The number of anilines is 3. The van der Waals surface area contributed by atoms with Crippen molar-refractivity contribution in [1.29, 1.82) is 0 Å². The SMILES string of the molecule is Cc1cc(Nc2ncnc(N(CC(C)C)CC(C)C)c2[N+](=O)[O-])no1. The summed E-state index contributed by atoms with van der Waals surface area (Å²) in [5, 5.41) is 18.4. The second-order valence-corrected chi connectivity index (χ2v) is 6.79. The zero-order chi connectivity index (χ0) is 18.6. The number of hydrogen-bond donors (Lipinski definition) is 1. The Kier molecular flexibility index (Phi) is 5.89. The second kappa shape index (κ2) is 7.91. The predicted octanol–water partition coefficient (Wildman–Crippen LogP) is 3.54. The van der Waals surface area contributed by atoms with Crippen molar-refractivity contribution in [1.82, 2.24) is 15.1 Å². The molecule has 2 rings (SSSR count). The quantitative estimate of drug-likeness (QED) is 0.569. The Hall–Kier alpha value is -2.71. The standard InChI is InChI=1S/C16H24N6O3/c1-10(2)7-21(8-11(3)4)16-14(22(23)24)15(17-9-18-16)19-13-6-12(5)25-20-13/h6,9-11H,7-8H2,1-5H3,(H,17,18,19,20). The fourth-order valence-electron chi connectivity index (χ4n) is 2.54. The maximum absolute atomic E-state index is 11.7. The molecule has 0 aliphatic carbocycles. The second-order valence-electron chi connectivity index (χ2n) is 6.79. The first-order valence-electron chi connectivity index (χ1n) is 8.22. The maximum Gasteiger partial charge on any atom is 0.353 e. The summed E-state index contributed by atoms with van der Waals surface area (Å²) < 4.78 is 4.98. The molecule has 0 bridgehead atoms. The van der Waals surface area contributed by atoms with Crippen LogP contribution in [0.25, 0.3) is 0 Å². The van der Waals surface area contributed by atoms with Crippen LogP contribution in [0.5, 0.6) is 0 Å². The summed E-state index contributed by atoms with van der Waals surface area (Å²) >= 11 is 0. The number of rotatable bonds is 8. The zero-order valence-corrected chi connectivity index (χ0v) is 15.2. The van der Waals surface area contributed by atoms with Gasteiger partial charge in [0.25, 0.3) is 0 Å². The Balaban J connectivity index is 2.45. The van der Waals surface area contributed by atoms with Crippen molar-refractivity contribution in [2.45, 2.75) is 34.6 Å². The van der Waals surface area contributed by atoms with E-state index in [0.717, 1.165) is 0 Å². The average molecular weight is 348 g/mol. The summed E-state index contributed by atoms with van der Waals surface area (Å²) in [6, 6.07) is 1.64. The van der Waals surface area contributed by atoms with Crippen LogP contribution < -0.4 is 10.2 Å². The third-order valence-corrected chi connectivity index (χ3v) is 3.33. The number of nitro groups is 1. The van der Waals surface area contributed by atoms with Gasteiger partial charge in [-0.15, -0.1) is 0 Å². The Morgan fingerprint density at radius 1 is 1.24 bits per heavy atom. The number of aryl methyl sites for hydroxylation is 1. The molecule has 0 unspecified atom stereocenters. The van der Waals surface area contributed by atoms with Gasteiger partial charge in [-0.1, -0.05) is 32.9 Å². The van der Waals surface area contributed by atoms with Gasteiger partial charge in [0.2, 0.25) is 11.6 Å². The number of nitrogens with one attached hydrogen (secondary N) is 1. The lowest BCUT2D eigenvalue weighted by Crippen LogP contribution is -2.32. The first kappa shape index (κ1) is 18.6. The maximum atomic E-state index is 11.7. The van der Waals surface area contributed by atoms with Crippen LogP contribution in [-0.2, 0) is 0 Å². The number of nitrogens with zero attached hydrogens (tertiary/aromatic N) is 5. The van der Waals surface area contributed by atoms with Gasteiger partial charge in [-0.25, -0.2) is 9.97 Å². The van der Waals surface area contributed by atoms with Crippen molar-refractivity contribution in [2.75, 3.05) is 23.3 Å². The topological polar surface area (TPSA) is 110 Å². The molecule has 136 valence electrons. The highest BCUT2D eigenvalue weighted by Gasteiger charge is 2.28. The van der Waals surface area contributed by atoms with Crippen LogP contribution in [0, 0.1) is 28.9 Å². The Morgan fingerprint density at radius 2 is 1.88 bits per heavy atom. The van der Waals surface area contributed by atoms with Gasteiger partial charge in [0.05, 0.1) is 4.92 Å². The number of aromatic nitrogens is 3. The molecule has 2 heterocycles. The summed E-state index contributed by atoms with van der Waals surface area (Å²) in [5.74, 6) is 2.04. The molecule has 2 aromatic heterocycles. The van der Waals surface area contributed by atoms with E-state index in [0.29, 0.717) is 42.3 Å². The Labute approximate surface area is 146 Å². The van der Waals surface area contributed by atoms with Crippen molar-refractivity contribution in [2.24, 2.45) is 11.8 Å². The lowest BCUT2D eigenvalue weighted by atomic mass is 10.1. The van der Waals surface area contributed by atoms with Crippen molar-refractivity contribution in [3.05, 3.63) is 28.3 Å². The van der Waals surface area contributed by atoms with Crippen LogP contribution in [-0.4, -0.2) is 33.1 Å². The predicted molar refractivity (Wildman–Crippen MR) is 95.1 cm³/mol. The summed E-state index contributed by atoms with van der Waals surface area (Å²) in [7, 11) is 0. The van der Waals surface area contributed by atoms with Gasteiger partial charge in [-0.3, -0.25) is 10.1 Å². The lowest BCUT2D eigenvalue weighted by Gasteiger charge is -2.27. The molecule has 0 fully saturated rings. The molecule has 1 N–H and O–H groups in total. The normalized spacial score (nSPS) is 11.2. The van der Waals surface area contributed by atoms with Crippen LogP contribution in [0.15, 0.2) is 16.9 Å². The summed E-state index contributed by atoms with van der Waals surface area (Å²) in [6.45, 7) is 11.3. The Morgan fingerprint density at radius 3 is 2.36 bits per heavy atom. The zero-order valence-electron chi connectivity index (χ0n) is 15.2. The largest absolute Gasteiger partial charge is 0.360 e. The molecule has 0 aromatic carbocycles. The third kappa shape index (κ3) is 4.88. The first-order valence-corrected chi connectivity index (χ1v) is 8.22. The minimum Gasteiger partial charge on any atom is -0.360 e. The van der Waals surface area contributed by atoms with Crippen molar-refractivity contribution < 1.29 is 9.45 Å². The minimum absolute atomic E-state index is 0.0980. The average Bonchev–Trinajstić information content (AvgIpc) is 2.90. The Bertz CT molecular complexity index is 718. The van der Waals surface area contributed by atoms with E-state index in [-0.39, 0.29) is 11.5 Å². The molecule has 9 nitrogen and oxygen atoms in total. The summed E-state index contributed by atoms with van der Waals surface area (Å²) in [6.07, 6.45) is 1.32. The minimum atomic E-state index is -0.460. The van der Waals surface area contributed by atoms with E-state index in [1.807, 2.05) is 4.90 Å². The van der Waals surface area contributed by atoms with E-state index in [4.69, 9.17) is 4.52 Å². The molecule has 0 atom stereocenters. The van der Waals surface area contributed by atoms with E-state index in [1.165, 1.54) is 6.33 Å². The summed E-state index contributed by atoms with van der Waals surface area (Å²) in [5.41, 5.74) is -0.163. The van der Waals surface area contributed by atoms with E-state index < -0.39 is 4.92 Å². The van der Waals surface area contributed by atoms with Crippen molar-refractivity contribution in [3.8, 4) is 0 Å². The molecule has 0 amide bonds. The van der Waals surface area contributed by atoms with Gasteiger partial charge in [-0.05, 0) is 18.8 Å². The molecule has 0 saturated heterocycles. The fourth-order valence-corrected chi connectivity index (χ4v) is 2.54. The van der Waals surface area contributed by atoms with Crippen molar-refractivity contribution >= 4 is 23.1 Å². The fraction of sp³-hybridized carbons (Fsp3) is 0.562. The molecule has 2 aromatic rings. The van der Waals surface area contributed by atoms with Crippen molar-refractivity contribution in [3.63, 3.8) is 0 Å². The smallest absolute Gasteiger partial charge is 0.353 e. The van der Waals surface area contributed by atoms with Crippen LogP contribution in [0.3, 0.4) is 0 Å². The van der Waals surface area contributed by atoms with Crippen LogP contribution in [0.1, 0.15) is 33.5 Å². The lowest BCUT2D eigenvalue weighted by molar-refractivity contribution is -0.383.